The van der Waals surface area contributed by atoms with Crippen LogP contribution < -0.4 is 4.74 Å². The first kappa shape index (κ1) is 13.3. The minimum Gasteiger partial charge on any atom is -0.494 e. The molecule has 6 heteroatoms. The number of alkyl halides is 1. The van der Waals surface area contributed by atoms with E-state index in [0.717, 1.165) is 12.1 Å². The monoisotopic (exact) mass is 296 g/mol. The van der Waals surface area contributed by atoms with E-state index in [0.29, 0.717) is 0 Å². The first-order valence-electron chi connectivity index (χ1n) is 4.46. The third-order valence-electron chi connectivity index (χ3n) is 2.10. The predicted molar refractivity (Wildman–Crippen MR) is 57.7 cm³/mol. The summed E-state index contributed by atoms with van der Waals surface area (Å²) in [5.41, 5.74) is 0.0581. The van der Waals surface area contributed by atoms with E-state index in [1.165, 1.54) is 7.11 Å². The summed E-state index contributed by atoms with van der Waals surface area (Å²) in [6, 6.07) is 1.98. The first-order chi connectivity index (χ1) is 7.51. The summed E-state index contributed by atoms with van der Waals surface area (Å²) in [7, 11) is 1.19. The maximum Gasteiger partial charge on any atom is 0.200 e. The molecule has 0 fully saturated rings. The van der Waals surface area contributed by atoms with Crippen molar-refractivity contribution in [2.24, 2.45) is 0 Å². The Hall–Kier alpha value is -0.720. The van der Waals surface area contributed by atoms with Gasteiger partial charge in [-0.3, -0.25) is 0 Å². The lowest BCUT2D eigenvalue weighted by Gasteiger charge is -2.17. The first-order valence-corrected chi connectivity index (χ1v) is 5.58. The van der Waals surface area contributed by atoms with Crippen LogP contribution in [-0.2, 0) is 0 Å². The fourth-order valence-electron chi connectivity index (χ4n) is 1.21. The number of hydrogen-bond donors (Lipinski definition) is 2. The predicted octanol–water partition coefficient (Wildman–Crippen LogP) is 1.76. The van der Waals surface area contributed by atoms with Gasteiger partial charge in [-0.25, -0.2) is 4.39 Å². The van der Waals surface area contributed by atoms with Gasteiger partial charge in [-0.2, -0.15) is 4.39 Å². The van der Waals surface area contributed by atoms with Crippen LogP contribution in [0.25, 0.3) is 0 Å². The van der Waals surface area contributed by atoms with Crippen molar-refractivity contribution >= 4 is 15.9 Å². The molecular formula is C10H11BrF2O3. The molecule has 16 heavy (non-hydrogen) atoms. The molecule has 0 aromatic heterocycles. The van der Waals surface area contributed by atoms with E-state index in [1.807, 2.05) is 0 Å². The molecule has 0 saturated heterocycles. The number of aliphatic hydroxyl groups excluding tert-OH is 2. The van der Waals surface area contributed by atoms with Crippen LogP contribution in [0.2, 0.25) is 0 Å². The van der Waals surface area contributed by atoms with Gasteiger partial charge in [0.05, 0.1) is 13.2 Å². The van der Waals surface area contributed by atoms with Gasteiger partial charge < -0.3 is 14.9 Å². The Morgan fingerprint density at radius 2 is 2.00 bits per heavy atom. The molecule has 0 saturated carbocycles. The van der Waals surface area contributed by atoms with Crippen molar-refractivity contribution in [3.8, 4) is 5.75 Å². The van der Waals surface area contributed by atoms with Crippen molar-refractivity contribution in [3.63, 3.8) is 0 Å². The number of aliphatic hydroxyl groups is 2. The SMILES string of the molecule is COc1cc(C(O)C(O)CBr)cc(F)c1F. The summed E-state index contributed by atoms with van der Waals surface area (Å²) in [4.78, 5) is 0. The van der Waals surface area contributed by atoms with Gasteiger partial charge in [0.2, 0.25) is 5.82 Å². The molecule has 1 aromatic carbocycles. The number of benzene rings is 1. The topological polar surface area (TPSA) is 49.7 Å². The largest absolute Gasteiger partial charge is 0.494 e. The van der Waals surface area contributed by atoms with E-state index in [-0.39, 0.29) is 16.6 Å². The van der Waals surface area contributed by atoms with Gasteiger partial charge >= 0.3 is 0 Å². The van der Waals surface area contributed by atoms with Crippen LogP contribution in [-0.4, -0.2) is 28.8 Å². The molecule has 2 N–H and O–H groups in total. The number of rotatable bonds is 4. The Morgan fingerprint density at radius 1 is 1.38 bits per heavy atom. The average Bonchev–Trinajstić information content (AvgIpc) is 2.30. The lowest BCUT2D eigenvalue weighted by atomic mass is 10.0. The fourth-order valence-corrected chi connectivity index (χ4v) is 1.56. The highest BCUT2D eigenvalue weighted by molar-refractivity contribution is 9.09. The Kier molecular flexibility index (Phi) is 4.64. The lowest BCUT2D eigenvalue weighted by Crippen LogP contribution is -2.19. The summed E-state index contributed by atoms with van der Waals surface area (Å²) in [5, 5.41) is 19.1. The molecule has 0 spiro atoms. The van der Waals surface area contributed by atoms with Crippen molar-refractivity contribution in [2.45, 2.75) is 12.2 Å². The molecule has 2 atom stereocenters. The van der Waals surface area contributed by atoms with Crippen LogP contribution >= 0.6 is 15.9 Å². The van der Waals surface area contributed by atoms with E-state index in [9.17, 15) is 19.0 Å². The van der Waals surface area contributed by atoms with E-state index >= 15 is 0 Å². The number of ether oxygens (including phenoxy) is 1. The molecular weight excluding hydrogens is 286 g/mol. The highest BCUT2D eigenvalue weighted by Gasteiger charge is 2.21. The highest BCUT2D eigenvalue weighted by Crippen LogP contribution is 2.27. The van der Waals surface area contributed by atoms with Crippen molar-refractivity contribution in [1.82, 2.24) is 0 Å². The lowest BCUT2D eigenvalue weighted by molar-refractivity contribution is 0.0339. The standard InChI is InChI=1S/C10H11BrF2O3/c1-16-8-3-5(2-6(12)9(8)13)10(15)7(14)4-11/h2-3,7,10,14-15H,4H2,1H3. The summed E-state index contributed by atoms with van der Waals surface area (Å²) >= 11 is 2.97. The van der Waals surface area contributed by atoms with E-state index in [4.69, 9.17) is 0 Å². The molecule has 2 unspecified atom stereocenters. The van der Waals surface area contributed by atoms with Gasteiger partial charge in [0.1, 0.15) is 6.10 Å². The zero-order valence-electron chi connectivity index (χ0n) is 8.45. The van der Waals surface area contributed by atoms with Crippen LogP contribution in [0.5, 0.6) is 5.75 Å². The number of halogens is 3. The minimum atomic E-state index is -1.30. The summed E-state index contributed by atoms with van der Waals surface area (Å²) in [6.45, 7) is 0. The van der Waals surface area contributed by atoms with Crippen LogP contribution in [0.15, 0.2) is 12.1 Å². The van der Waals surface area contributed by atoms with Gasteiger partial charge in [0.15, 0.2) is 11.6 Å². The Balaban J connectivity index is 3.10. The molecule has 0 heterocycles. The van der Waals surface area contributed by atoms with Crippen molar-refractivity contribution in [3.05, 3.63) is 29.3 Å². The van der Waals surface area contributed by atoms with Gasteiger partial charge in [-0.1, -0.05) is 15.9 Å². The molecule has 1 aromatic rings. The van der Waals surface area contributed by atoms with Crippen molar-refractivity contribution in [2.75, 3.05) is 12.4 Å². The molecule has 0 aliphatic carbocycles. The number of methoxy groups -OCH3 is 1. The molecule has 0 bridgehead atoms. The third-order valence-corrected chi connectivity index (χ3v) is 2.76. The third kappa shape index (κ3) is 2.69. The van der Waals surface area contributed by atoms with Crippen molar-refractivity contribution in [1.29, 1.82) is 0 Å². The molecule has 0 aliphatic rings. The zero-order valence-corrected chi connectivity index (χ0v) is 10.0. The Bertz CT molecular complexity index is 373. The maximum atomic E-state index is 13.1. The van der Waals surface area contributed by atoms with Gasteiger partial charge in [-0.15, -0.1) is 0 Å². The summed E-state index contributed by atoms with van der Waals surface area (Å²) in [5.74, 6) is -2.56. The highest BCUT2D eigenvalue weighted by atomic mass is 79.9. The molecule has 1 rings (SSSR count). The second-order valence-electron chi connectivity index (χ2n) is 3.19. The summed E-state index contributed by atoms with van der Waals surface area (Å²) < 4.78 is 30.8. The maximum absolute atomic E-state index is 13.1. The van der Waals surface area contributed by atoms with Gasteiger partial charge in [0, 0.05) is 5.33 Å². The van der Waals surface area contributed by atoms with Crippen LogP contribution in [0.4, 0.5) is 8.78 Å². The smallest absolute Gasteiger partial charge is 0.200 e. The number of hydrogen-bond acceptors (Lipinski definition) is 3. The molecule has 0 radical (unpaired) electrons. The second kappa shape index (κ2) is 5.56. The van der Waals surface area contributed by atoms with E-state index in [2.05, 4.69) is 20.7 Å². The molecule has 0 aliphatic heterocycles. The average molecular weight is 297 g/mol. The fraction of sp³-hybridized carbons (Fsp3) is 0.400. The zero-order chi connectivity index (χ0) is 12.3. The van der Waals surface area contributed by atoms with Gasteiger partial charge in [0.25, 0.3) is 0 Å². The second-order valence-corrected chi connectivity index (χ2v) is 3.83. The Morgan fingerprint density at radius 3 is 2.50 bits per heavy atom. The van der Waals surface area contributed by atoms with Gasteiger partial charge in [-0.05, 0) is 17.7 Å². The van der Waals surface area contributed by atoms with E-state index in [1.54, 1.807) is 0 Å². The van der Waals surface area contributed by atoms with Crippen molar-refractivity contribution < 1.29 is 23.7 Å². The normalized spacial score (nSPS) is 14.6. The minimum absolute atomic E-state index is 0.0581. The molecule has 0 amide bonds. The summed E-state index contributed by atoms with van der Waals surface area (Å²) in [6.07, 6.45) is -2.40. The molecule has 3 nitrogen and oxygen atoms in total. The van der Waals surface area contributed by atoms with Crippen LogP contribution in [0, 0.1) is 11.6 Å². The van der Waals surface area contributed by atoms with E-state index < -0.39 is 23.8 Å². The molecule has 90 valence electrons. The Labute approximate surface area is 99.8 Å². The quantitative estimate of drug-likeness (QED) is 0.833. The van der Waals surface area contributed by atoms with Crippen LogP contribution in [0.1, 0.15) is 11.7 Å². The van der Waals surface area contributed by atoms with Crippen LogP contribution in [0.3, 0.4) is 0 Å².